The Balaban J connectivity index is 2.12. The standard InChI is InChI=1S/C12H17N7O/c1-8(11-15-16-17-19(11)4)14-12(20)10-7-9(18(2)3)5-6-13-10/h5-8H,1-4H3,(H,14,20). The van der Waals surface area contributed by atoms with Crippen LogP contribution in [0.1, 0.15) is 29.3 Å². The number of pyridine rings is 1. The van der Waals surface area contributed by atoms with Gasteiger partial charge in [-0.3, -0.25) is 9.78 Å². The third-order valence-electron chi connectivity index (χ3n) is 2.88. The molecule has 0 fully saturated rings. The van der Waals surface area contributed by atoms with E-state index in [0.717, 1.165) is 5.69 Å². The highest BCUT2D eigenvalue weighted by atomic mass is 16.1. The number of carbonyl (C=O) groups excluding carboxylic acids is 1. The number of anilines is 1. The maximum Gasteiger partial charge on any atom is 0.270 e. The summed E-state index contributed by atoms with van der Waals surface area (Å²) >= 11 is 0. The van der Waals surface area contributed by atoms with E-state index in [4.69, 9.17) is 0 Å². The van der Waals surface area contributed by atoms with Gasteiger partial charge in [-0.15, -0.1) is 5.10 Å². The average Bonchev–Trinajstić information content (AvgIpc) is 2.85. The van der Waals surface area contributed by atoms with E-state index in [2.05, 4.69) is 25.8 Å². The molecule has 0 saturated heterocycles. The van der Waals surface area contributed by atoms with Gasteiger partial charge in [0.2, 0.25) is 0 Å². The summed E-state index contributed by atoms with van der Waals surface area (Å²) in [6, 6.07) is 3.27. The highest BCUT2D eigenvalue weighted by Crippen LogP contribution is 2.12. The van der Waals surface area contributed by atoms with Crippen molar-refractivity contribution < 1.29 is 4.79 Å². The topological polar surface area (TPSA) is 88.8 Å². The van der Waals surface area contributed by atoms with Gasteiger partial charge in [0, 0.05) is 33.0 Å². The molecule has 1 N–H and O–H groups in total. The molecule has 2 rings (SSSR count). The Morgan fingerprint density at radius 2 is 2.20 bits per heavy atom. The van der Waals surface area contributed by atoms with Crippen LogP contribution in [0.2, 0.25) is 0 Å². The fraction of sp³-hybridized carbons (Fsp3) is 0.417. The average molecular weight is 275 g/mol. The zero-order valence-corrected chi connectivity index (χ0v) is 11.9. The van der Waals surface area contributed by atoms with Crippen LogP contribution >= 0.6 is 0 Å². The Kier molecular flexibility index (Phi) is 3.92. The molecule has 2 heterocycles. The second-order valence-corrected chi connectivity index (χ2v) is 4.65. The van der Waals surface area contributed by atoms with Crippen LogP contribution in [0.4, 0.5) is 5.69 Å². The second-order valence-electron chi connectivity index (χ2n) is 4.65. The van der Waals surface area contributed by atoms with Crippen molar-refractivity contribution >= 4 is 11.6 Å². The number of amides is 1. The van der Waals surface area contributed by atoms with Gasteiger partial charge in [-0.05, 0) is 29.5 Å². The number of nitrogens with zero attached hydrogens (tertiary/aromatic N) is 6. The van der Waals surface area contributed by atoms with Crippen LogP contribution in [0.25, 0.3) is 0 Å². The Hall–Kier alpha value is -2.51. The minimum absolute atomic E-state index is 0.260. The van der Waals surface area contributed by atoms with Crippen LogP contribution in [0, 0.1) is 0 Å². The molecule has 8 nitrogen and oxygen atoms in total. The first-order chi connectivity index (χ1) is 9.49. The molecule has 0 aromatic carbocycles. The maximum absolute atomic E-state index is 12.2. The highest BCUT2D eigenvalue weighted by Gasteiger charge is 2.17. The summed E-state index contributed by atoms with van der Waals surface area (Å²) in [7, 11) is 5.54. The number of carbonyl (C=O) groups is 1. The summed E-state index contributed by atoms with van der Waals surface area (Å²) in [6.45, 7) is 1.82. The summed E-state index contributed by atoms with van der Waals surface area (Å²) < 4.78 is 1.52. The number of rotatable bonds is 4. The molecular weight excluding hydrogens is 258 g/mol. The van der Waals surface area contributed by atoms with Crippen LogP contribution in [0.3, 0.4) is 0 Å². The molecular formula is C12H17N7O. The second kappa shape index (κ2) is 5.64. The van der Waals surface area contributed by atoms with E-state index in [1.165, 1.54) is 4.68 Å². The van der Waals surface area contributed by atoms with Gasteiger partial charge >= 0.3 is 0 Å². The molecule has 1 atom stereocenters. The minimum atomic E-state index is -0.299. The van der Waals surface area contributed by atoms with Gasteiger partial charge in [-0.1, -0.05) is 0 Å². The highest BCUT2D eigenvalue weighted by molar-refractivity contribution is 5.93. The number of hydrogen-bond donors (Lipinski definition) is 1. The summed E-state index contributed by atoms with van der Waals surface area (Å²) in [6.07, 6.45) is 1.61. The third-order valence-corrected chi connectivity index (χ3v) is 2.88. The normalized spacial score (nSPS) is 12.0. The van der Waals surface area contributed by atoms with Gasteiger partial charge in [0.05, 0.1) is 6.04 Å². The first-order valence-electron chi connectivity index (χ1n) is 6.15. The zero-order chi connectivity index (χ0) is 14.7. The Morgan fingerprint density at radius 1 is 1.45 bits per heavy atom. The number of hydrogen-bond acceptors (Lipinski definition) is 6. The monoisotopic (exact) mass is 275 g/mol. The molecule has 0 saturated carbocycles. The van der Waals surface area contributed by atoms with Gasteiger partial charge in [0.25, 0.3) is 5.91 Å². The smallest absolute Gasteiger partial charge is 0.270 e. The molecule has 106 valence electrons. The van der Waals surface area contributed by atoms with Crippen molar-refractivity contribution in [3.8, 4) is 0 Å². The van der Waals surface area contributed by atoms with E-state index in [9.17, 15) is 4.79 Å². The van der Waals surface area contributed by atoms with Crippen LogP contribution in [0.5, 0.6) is 0 Å². The van der Waals surface area contributed by atoms with Crippen molar-refractivity contribution in [3.05, 3.63) is 29.8 Å². The number of tetrazole rings is 1. The third kappa shape index (κ3) is 2.90. The fourth-order valence-corrected chi connectivity index (χ4v) is 1.76. The molecule has 0 bridgehead atoms. The summed E-state index contributed by atoms with van der Waals surface area (Å²) in [5.41, 5.74) is 1.27. The van der Waals surface area contributed by atoms with Crippen LogP contribution in [-0.4, -0.2) is 45.2 Å². The lowest BCUT2D eigenvalue weighted by molar-refractivity contribution is 0.0932. The number of nitrogens with one attached hydrogen (secondary N) is 1. The predicted octanol–water partition coefficient (Wildman–Crippen LogP) is 0.162. The van der Waals surface area contributed by atoms with Crippen LogP contribution in [0.15, 0.2) is 18.3 Å². The number of aryl methyl sites for hydroxylation is 1. The summed E-state index contributed by atoms with van der Waals surface area (Å²) in [5, 5.41) is 14.0. The lowest BCUT2D eigenvalue weighted by atomic mass is 10.2. The molecule has 0 radical (unpaired) electrons. The van der Waals surface area contributed by atoms with E-state index in [-0.39, 0.29) is 11.9 Å². The van der Waals surface area contributed by atoms with Crippen molar-refractivity contribution in [1.82, 2.24) is 30.5 Å². The molecule has 0 aliphatic rings. The van der Waals surface area contributed by atoms with Crippen molar-refractivity contribution in [2.75, 3.05) is 19.0 Å². The van der Waals surface area contributed by atoms with Gasteiger partial charge in [-0.2, -0.15) is 0 Å². The van der Waals surface area contributed by atoms with E-state index in [1.54, 1.807) is 19.3 Å². The molecule has 0 spiro atoms. The molecule has 0 aliphatic carbocycles. The first-order valence-corrected chi connectivity index (χ1v) is 6.15. The van der Waals surface area contributed by atoms with Gasteiger partial charge in [0.15, 0.2) is 5.82 Å². The first kappa shape index (κ1) is 13.9. The maximum atomic E-state index is 12.2. The number of aromatic nitrogens is 5. The Morgan fingerprint density at radius 3 is 2.80 bits per heavy atom. The van der Waals surface area contributed by atoms with E-state index >= 15 is 0 Å². The molecule has 2 aromatic rings. The molecule has 1 unspecified atom stereocenters. The van der Waals surface area contributed by atoms with Crippen molar-refractivity contribution in [3.63, 3.8) is 0 Å². The van der Waals surface area contributed by atoms with Gasteiger partial charge in [0.1, 0.15) is 5.69 Å². The Bertz CT molecular complexity index is 607. The largest absolute Gasteiger partial charge is 0.378 e. The summed E-state index contributed by atoms with van der Waals surface area (Å²) in [5.74, 6) is 0.325. The van der Waals surface area contributed by atoms with E-state index in [0.29, 0.717) is 11.5 Å². The minimum Gasteiger partial charge on any atom is -0.378 e. The lowest BCUT2D eigenvalue weighted by Gasteiger charge is -2.14. The van der Waals surface area contributed by atoms with E-state index in [1.807, 2.05) is 32.0 Å². The molecule has 1 amide bonds. The quantitative estimate of drug-likeness (QED) is 0.855. The fourth-order valence-electron chi connectivity index (χ4n) is 1.76. The van der Waals surface area contributed by atoms with Crippen LogP contribution in [-0.2, 0) is 7.05 Å². The zero-order valence-electron chi connectivity index (χ0n) is 11.9. The van der Waals surface area contributed by atoms with Crippen LogP contribution < -0.4 is 10.2 Å². The molecule has 20 heavy (non-hydrogen) atoms. The summed E-state index contributed by atoms with van der Waals surface area (Å²) in [4.78, 5) is 18.2. The molecule has 8 heteroatoms. The SMILES string of the molecule is CC(NC(=O)c1cc(N(C)C)ccn1)c1nnnn1C. The van der Waals surface area contributed by atoms with E-state index < -0.39 is 0 Å². The predicted molar refractivity (Wildman–Crippen MR) is 73.2 cm³/mol. The van der Waals surface area contributed by atoms with Crippen molar-refractivity contribution in [1.29, 1.82) is 0 Å². The Labute approximate surface area is 116 Å². The molecule has 2 aromatic heterocycles. The molecule has 0 aliphatic heterocycles. The van der Waals surface area contributed by atoms with Gasteiger partial charge < -0.3 is 10.2 Å². The van der Waals surface area contributed by atoms with Gasteiger partial charge in [-0.25, -0.2) is 4.68 Å². The van der Waals surface area contributed by atoms with Crippen molar-refractivity contribution in [2.45, 2.75) is 13.0 Å². The van der Waals surface area contributed by atoms with Crippen molar-refractivity contribution in [2.24, 2.45) is 7.05 Å². The lowest BCUT2D eigenvalue weighted by Crippen LogP contribution is -2.29.